The third-order valence-electron chi connectivity index (χ3n) is 3.73. The lowest BCUT2D eigenvalue weighted by atomic mass is 10.3. The van der Waals surface area contributed by atoms with E-state index in [-0.39, 0.29) is 0 Å². The summed E-state index contributed by atoms with van der Waals surface area (Å²) in [6.45, 7) is 4.93. The van der Waals surface area contributed by atoms with E-state index < -0.39 is 0 Å². The highest BCUT2D eigenvalue weighted by Crippen LogP contribution is 2.17. The molecule has 0 amide bonds. The van der Waals surface area contributed by atoms with E-state index in [4.69, 9.17) is 18.0 Å². The maximum Gasteiger partial charge on any atom is 0.181 e. The normalized spacial score (nSPS) is 16.2. The van der Waals surface area contributed by atoms with E-state index >= 15 is 0 Å². The largest absolute Gasteiger partial charge is 0.401 e. The van der Waals surface area contributed by atoms with Gasteiger partial charge in [-0.25, -0.2) is 9.97 Å². The van der Waals surface area contributed by atoms with Crippen molar-refractivity contribution in [3.63, 3.8) is 0 Å². The molecular formula is C15H19IN6S. The minimum Gasteiger partial charge on any atom is -0.401 e. The Kier molecular flexibility index (Phi) is 5.12. The molecule has 0 unspecified atom stereocenters. The minimum absolute atomic E-state index is 0.555. The minimum atomic E-state index is 0.555. The number of hydrogen-bond acceptors (Lipinski definition) is 5. The van der Waals surface area contributed by atoms with Crippen molar-refractivity contribution in [1.82, 2.24) is 19.3 Å². The van der Waals surface area contributed by atoms with Crippen LogP contribution in [0.1, 0.15) is 18.5 Å². The van der Waals surface area contributed by atoms with Crippen molar-refractivity contribution in [3.8, 4) is 0 Å². The Bertz CT molecular complexity index is 763. The van der Waals surface area contributed by atoms with Crippen molar-refractivity contribution in [2.24, 2.45) is 5.73 Å². The number of imidazole rings is 1. The average molecular weight is 442 g/mol. The second-order valence-corrected chi connectivity index (χ2v) is 7.24. The summed E-state index contributed by atoms with van der Waals surface area (Å²) in [5.41, 5.74) is 8.53. The first kappa shape index (κ1) is 16.6. The fourth-order valence-electron chi connectivity index (χ4n) is 2.73. The van der Waals surface area contributed by atoms with Gasteiger partial charge < -0.3 is 11.1 Å². The quantitative estimate of drug-likeness (QED) is 0.430. The molecule has 0 atom stereocenters. The Balaban J connectivity index is 1.74. The molecule has 2 aromatic heterocycles. The fourth-order valence-corrected chi connectivity index (χ4v) is 3.48. The molecule has 0 bridgehead atoms. The molecule has 0 saturated carbocycles. The highest BCUT2D eigenvalue weighted by molar-refractivity contribution is 14.1. The Morgan fingerprint density at radius 2 is 2.22 bits per heavy atom. The van der Waals surface area contributed by atoms with Gasteiger partial charge >= 0.3 is 0 Å². The van der Waals surface area contributed by atoms with Crippen LogP contribution in [-0.4, -0.2) is 43.9 Å². The number of likely N-dealkylation sites (tertiary alicyclic amines) is 1. The summed E-state index contributed by atoms with van der Waals surface area (Å²) in [5, 5.41) is 3.15. The highest BCUT2D eigenvalue weighted by Gasteiger charge is 2.13. The van der Waals surface area contributed by atoms with Crippen LogP contribution in [0.5, 0.6) is 0 Å². The van der Waals surface area contributed by atoms with Crippen molar-refractivity contribution in [2.75, 3.05) is 25.0 Å². The van der Waals surface area contributed by atoms with Crippen LogP contribution in [0.2, 0.25) is 0 Å². The molecule has 2 aromatic rings. The van der Waals surface area contributed by atoms with Gasteiger partial charge in [-0.15, -0.1) is 0 Å². The van der Waals surface area contributed by atoms with E-state index in [1.807, 2.05) is 29.8 Å². The van der Waals surface area contributed by atoms with Crippen molar-refractivity contribution < 1.29 is 0 Å². The number of halogens is 1. The van der Waals surface area contributed by atoms with E-state index in [1.165, 1.54) is 12.8 Å². The summed E-state index contributed by atoms with van der Waals surface area (Å²) in [6, 6.07) is 0. The lowest BCUT2D eigenvalue weighted by Crippen LogP contribution is -2.26. The lowest BCUT2D eigenvalue weighted by molar-refractivity contribution is 0.367. The van der Waals surface area contributed by atoms with Crippen LogP contribution in [0.3, 0.4) is 0 Å². The van der Waals surface area contributed by atoms with Crippen LogP contribution in [0.15, 0.2) is 24.2 Å². The zero-order valence-corrected chi connectivity index (χ0v) is 15.9. The van der Waals surface area contributed by atoms with Crippen LogP contribution in [0, 0.1) is 10.6 Å². The monoisotopic (exact) mass is 442 g/mol. The molecule has 1 fully saturated rings. The molecule has 3 rings (SSSR count). The Morgan fingerprint density at radius 3 is 2.96 bits per heavy atom. The maximum atomic E-state index is 6.10. The third kappa shape index (κ3) is 3.99. The molecule has 6 nitrogen and oxygen atoms in total. The molecule has 0 aromatic carbocycles. The molecule has 122 valence electrons. The predicted octanol–water partition coefficient (Wildman–Crippen LogP) is 2.32. The molecule has 1 aliphatic rings. The Labute approximate surface area is 154 Å². The fraction of sp³-hybridized carbons (Fsp3) is 0.400. The van der Waals surface area contributed by atoms with Gasteiger partial charge in [0.15, 0.2) is 11.5 Å². The Hall–Kier alpha value is -1.26. The van der Waals surface area contributed by atoms with Crippen molar-refractivity contribution in [3.05, 3.63) is 33.6 Å². The molecule has 0 spiro atoms. The number of nitrogens with zero attached hydrogens (tertiary/aromatic N) is 4. The van der Waals surface area contributed by atoms with Gasteiger partial charge in [-0.3, -0.25) is 9.30 Å². The molecule has 3 N–H and O–H groups in total. The zero-order chi connectivity index (χ0) is 16.4. The molecule has 8 heteroatoms. The van der Waals surface area contributed by atoms with E-state index in [9.17, 15) is 0 Å². The number of anilines is 1. The van der Waals surface area contributed by atoms with Crippen LogP contribution in [0.25, 0.3) is 5.65 Å². The maximum absolute atomic E-state index is 6.10. The SMILES string of the molecule is Cc1cn2c(I)cnc2c(NC(=S)/C=C(\N)CN2CCCC2)n1. The molecule has 23 heavy (non-hydrogen) atoms. The van der Waals surface area contributed by atoms with Crippen molar-refractivity contribution in [1.29, 1.82) is 0 Å². The first-order valence-electron chi connectivity index (χ1n) is 7.52. The first-order valence-corrected chi connectivity index (χ1v) is 9.01. The molecule has 0 aliphatic carbocycles. The van der Waals surface area contributed by atoms with Gasteiger partial charge in [0.25, 0.3) is 0 Å². The van der Waals surface area contributed by atoms with Crippen LogP contribution in [0.4, 0.5) is 5.82 Å². The topological polar surface area (TPSA) is 71.5 Å². The standard InChI is InChI=1S/C15H19IN6S/c1-10-8-22-12(16)7-18-15(22)14(19-10)20-13(23)6-11(17)9-21-4-2-3-5-21/h6-8H,2-5,9,17H2,1H3,(H,19,20,23)/b11-6-. The van der Waals surface area contributed by atoms with E-state index in [2.05, 4.69) is 42.8 Å². The molecule has 0 radical (unpaired) electrons. The molecule has 1 saturated heterocycles. The van der Waals surface area contributed by atoms with Crippen molar-refractivity contribution >= 4 is 51.3 Å². The third-order valence-corrected chi connectivity index (χ3v) is 4.75. The van der Waals surface area contributed by atoms with E-state index in [0.29, 0.717) is 10.8 Å². The predicted molar refractivity (Wildman–Crippen MR) is 105 cm³/mol. The summed E-state index contributed by atoms with van der Waals surface area (Å²) in [7, 11) is 0. The number of nitrogens with two attached hydrogens (primary N) is 1. The van der Waals surface area contributed by atoms with Gasteiger partial charge in [0.2, 0.25) is 0 Å². The first-order chi connectivity index (χ1) is 11.0. The van der Waals surface area contributed by atoms with Crippen LogP contribution in [-0.2, 0) is 0 Å². The number of fused-ring (bicyclic) bond motifs is 1. The summed E-state index contributed by atoms with van der Waals surface area (Å²) in [4.78, 5) is 11.8. The molecule has 3 heterocycles. The zero-order valence-electron chi connectivity index (χ0n) is 12.9. The number of thiocarbonyl (C=S) groups is 1. The lowest BCUT2D eigenvalue weighted by Gasteiger charge is -2.14. The number of nitrogens with one attached hydrogen (secondary N) is 1. The van der Waals surface area contributed by atoms with E-state index in [1.54, 1.807) is 0 Å². The summed E-state index contributed by atoms with van der Waals surface area (Å²) < 4.78 is 3.02. The summed E-state index contributed by atoms with van der Waals surface area (Å²) in [5.74, 6) is 0.656. The Morgan fingerprint density at radius 1 is 1.48 bits per heavy atom. The summed E-state index contributed by atoms with van der Waals surface area (Å²) >= 11 is 7.64. The van der Waals surface area contributed by atoms with Gasteiger partial charge in [-0.2, -0.15) is 0 Å². The van der Waals surface area contributed by atoms with Gasteiger partial charge in [-0.05, 0) is 61.5 Å². The average Bonchev–Trinajstić information content (AvgIpc) is 3.09. The number of rotatable bonds is 4. The van der Waals surface area contributed by atoms with Gasteiger partial charge in [-0.1, -0.05) is 12.2 Å². The van der Waals surface area contributed by atoms with E-state index in [0.717, 1.165) is 40.4 Å². The molecular weight excluding hydrogens is 423 g/mol. The van der Waals surface area contributed by atoms with Gasteiger partial charge in [0.05, 0.1) is 11.9 Å². The van der Waals surface area contributed by atoms with Gasteiger partial charge in [0.1, 0.15) is 8.69 Å². The highest BCUT2D eigenvalue weighted by atomic mass is 127. The second kappa shape index (κ2) is 7.10. The van der Waals surface area contributed by atoms with Gasteiger partial charge in [0, 0.05) is 18.4 Å². The number of hydrogen-bond donors (Lipinski definition) is 2. The van der Waals surface area contributed by atoms with Crippen LogP contribution >= 0.6 is 34.8 Å². The second-order valence-electron chi connectivity index (χ2n) is 5.70. The smallest absolute Gasteiger partial charge is 0.181 e. The number of aromatic nitrogens is 3. The number of aryl methyl sites for hydroxylation is 1. The molecule has 1 aliphatic heterocycles. The van der Waals surface area contributed by atoms with Crippen LogP contribution < -0.4 is 11.1 Å². The summed E-state index contributed by atoms with van der Waals surface area (Å²) in [6.07, 6.45) is 8.07. The van der Waals surface area contributed by atoms with Crippen molar-refractivity contribution in [2.45, 2.75) is 19.8 Å².